The van der Waals surface area contributed by atoms with Crippen molar-refractivity contribution >= 4 is 23.5 Å². The average Bonchev–Trinajstić information content (AvgIpc) is 2.30. The number of benzene rings is 1. The van der Waals surface area contributed by atoms with E-state index in [1.54, 1.807) is 23.5 Å². The number of hydrogen-bond donors (Lipinski definition) is 2. The van der Waals surface area contributed by atoms with Gasteiger partial charge in [-0.15, -0.1) is 0 Å². The van der Waals surface area contributed by atoms with E-state index in [-0.39, 0.29) is 12.2 Å². The number of thioether (sulfide) groups is 2. The molecule has 2 atom stereocenters. The van der Waals surface area contributed by atoms with E-state index >= 15 is 0 Å². The lowest BCUT2D eigenvalue weighted by Crippen LogP contribution is -2.03. The standard InChI is InChI=1S/C14H22O2S2/c1-11(15)7-17-9-13-3-5-14(6-4-13)10-18-8-12(2)16/h3-6,11-12,15-16H,7-10H2,1-2H3. The predicted octanol–water partition coefficient (Wildman–Crippen LogP) is 2.91. The van der Waals surface area contributed by atoms with Crippen LogP contribution in [0.5, 0.6) is 0 Å². The molecule has 0 spiro atoms. The normalized spacial score (nSPS) is 14.4. The number of hydrogen-bond acceptors (Lipinski definition) is 4. The maximum absolute atomic E-state index is 9.17. The molecule has 0 aliphatic heterocycles. The summed E-state index contributed by atoms with van der Waals surface area (Å²) in [5, 5.41) is 18.3. The summed E-state index contributed by atoms with van der Waals surface area (Å²) in [7, 11) is 0. The number of aliphatic hydroxyl groups is 2. The highest BCUT2D eigenvalue weighted by molar-refractivity contribution is 7.98. The molecular weight excluding hydrogens is 264 g/mol. The lowest BCUT2D eigenvalue weighted by Gasteiger charge is -2.06. The Balaban J connectivity index is 2.28. The van der Waals surface area contributed by atoms with E-state index in [1.165, 1.54) is 11.1 Å². The van der Waals surface area contributed by atoms with Crippen molar-refractivity contribution in [2.24, 2.45) is 0 Å². The average molecular weight is 286 g/mol. The van der Waals surface area contributed by atoms with Crippen LogP contribution in [0.15, 0.2) is 24.3 Å². The summed E-state index contributed by atoms with van der Waals surface area (Å²) < 4.78 is 0. The van der Waals surface area contributed by atoms with Gasteiger partial charge in [0.05, 0.1) is 12.2 Å². The summed E-state index contributed by atoms with van der Waals surface area (Å²) in [5.41, 5.74) is 2.59. The second-order valence-electron chi connectivity index (χ2n) is 4.54. The molecule has 0 saturated heterocycles. The fourth-order valence-corrected chi connectivity index (χ4v) is 3.20. The first-order chi connectivity index (χ1) is 8.58. The minimum absolute atomic E-state index is 0.230. The van der Waals surface area contributed by atoms with Crippen LogP contribution in [0.3, 0.4) is 0 Å². The van der Waals surface area contributed by atoms with Gasteiger partial charge in [-0.1, -0.05) is 24.3 Å². The predicted molar refractivity (Wildman–Crippen MR) is 82.1 cm³/mol. The van der Waals surface area contributed by atoms with Crippen LogP contribution >= 0.6 is 23.5 Å². The van der Waals surface area contributed by atoms with Crippen LogP contribution in [0.1, 0.15) is 25.0 Å². The molecule has 0 aliphatic carbocycles. The van der Waals surface area contributed by atoms with Crippen LogP contribution in [-0.4, -0.2) is 33.9 Å². The van der Waals surface area contributed by atoms with Gasteiger partial charge in [0.25, 0.3) is 0 Å². The van der Waals surface area contributed by atoms with E-state index in [0.29, 0.717) is 0 Å². The van der Waals surface area contributed by atoms with E-state index in [4.69, 9.17) is 0 Å². The molecule has 0 fully saturated rings. The Morgan fingerprint density at radius 2 is 1.17 bits per heavy atom. The zero-order valence-corrected chi connectivity index (χ0v) is 12.6. The SMILES string of the molecule is CC(O)CSCc1ccc(CSCC(C)O)cc1. The Morgan fingerprint density at radius 1 is 0.833 bits per heavy atom. The van der Waals surface area contributed by atoms with Gasteiger partial charge >= 0.3 is 0 Å². The molecule has 2 nitrogen and oxygen atoms in total. The highest BCUT2D eigenvalue weighted by Crippen LogP contribution is 2.17. The second kappa shape index (κ2) is 8.86. The van der Waals surface area contributed by atoms with E-state index in [0.717, 1.165) is 23.0 Å². The van der Waals surface area contributed by atoms with Gasteiger partial charge < -0.3 is 10.2 Å². The maximum atomic E-state index is 9.17. The maximum Gasteiger partial charge on any atom is 0.0602 e. The summed E-state index contributed by atoms with van der Waals surface area (Å²) >= 11 is 3.51. The topological polar surface area (TPSA) is 40.5 Å². The van der Waals surface area contributed by atoms with Crippen LogP contribution in [0.25, 0.3) is 0 Å². The molecule has 0 amide bonds. The molecule has 102 valence electrons. The lowest BCUT2D eigenvalue weighted by molar-refractivity contribution is 0.220. The number of rotatable bonds is 8. The summed E-state index contributed by atoms with van der Waals surface area (Å²) in [6.45, 7) is 3.63. The summed E-state index contributed by atoms with van der Waals surface area (Å²) in [6.07, 6.45) is -0.461. The van der Waals surface area contributed by atoms with E-state index in [2.05, 4.69) is 24.3 Å². The Labute approximate surface area is 118 Å². The minimum Gasteiger partial charge on any atom is -0.393 e. The Hall–Kier alpha value is -0.160. The largest absolute Gasteiger partial charge is 0.393 e. The summed E-state index contributed by atoms with van der Waals surface area (Å²) in [4.78, 5) is 0. The molecule has 0 bridgehead atoms. The van der Waals surface area contributed by atoms with Crippen molar-refractivity contribution in [1.82, 2.24) is 0 Å². The van der Waals surface area contributed by atoms with Gasteiger partial charge in [0.2, 0.25) is 0 Å². The highest BCUT2D eigenvalue weighted by Gasteiger charge is 2.00. The van der Waals surface area contributed by atoms with E-state index < -0.39 is 0 Å². The van der Waals surface area contributed by atoms with Crippen molar-refractivity contribution < 1.29 is 10.2 Å². The number of aliphatic hydroxyl groups excluding tert-OH is 2. The van der Waals surface area contributed by atoms with Crippen LogP contribution in [-0.2, 0) is 11.5 Å². The van der Waals surface area contributed by atoms with Gasteiger partial charge in [-0.05, 0) is 25.0 Å². The van der Waals surface area contributed by atoms with Gasteiger partial charge in [0, 0.05) is 23.0 Å². The first kappa shape index (κ1) is 15.9. The van der Waals surface area contributed by atoms with Gasteiger partial charge in [-0.2, -0.15) is 23.5 Å². The quantitative estimate of drug-likeness (QED) is 0.771. The molecular formula is C14H22O2S2. The third kappa shape index (κ3) is 7.31. The molecule has 1 aromatic carbocycles. The van der Waals surface area contributed by atoms with Crippen LogP contribution in [0.2, 0.25) is 0 Å². The molecule has 4 heteroatoms. The molecule has 1 rings (SSSR count). The molecule has 0 heterocycles. The molecule has 0 aliphatic rings. The first-order valence-corrected chi connectivity index (χ1v) is 8.48. The zero-order valence-electron chi connectivity index (χ0n) is 11.0. The molecule has 18 heavy (non-hydrogen) atoms. The monoisotopic (exact) mass is 286 g/mol. The fraction of sp³-hybridized carbons (Fsp3) is 0.571. The van der Waals surface area contributed by atoms with Crippen molar-refractivity contribution in [2.75, 3.05) is 11.5 Å². The molecule has 2 N–H and O–H groups in total. The third-order valence-electron chi connectivity index (χ3n) is 2.28. The van der Waals surface area contributed by atoms with Crippen LogP contribution in [0.4, 0.5) is 0 Å². The fourth-order valence-electron chi connectivity index (χ4n) is 1.43. The van der Waals surface area contributed by atoms with Gasteiger partial charge in [-0.3, -0.25) is 0 Å². The Kier molecular flexibility index (Phi) is 7.82. The van der Waals surface area contributed by atoms with Crippen molar-refractivity contribution in [3.8, 4) is 0 Å². The smallest absolute Gasteiger partial charge is 0.0602 e. The van der Waals surface area contributed by atoms with Crippen molar-refractivity contribution in [1.29, 1.82) is 0 Å². The Morgan fingerprint density at radius 3 is 1.44 bits per heavy atom. The molecule has 0 aromatic heterocycles. The minimum atomic E-state index is -0.230. The summed E-state index contributed by atoms with van der Waals surface area (Å²) in [5.74, 6) is 3.47. The van der Waals surface area contributed by atoms with Crippen molar-refractivity contribution in [3.63, 3.8) is 0 Å². The van der Waals surface area contributed by atoms with Crippen molar-refractivity contribution in [2.45, 2.75) is 37.6 Å². The third-order valence-corrected chi connectivity index (χ3v) is 4.79. The Bertz CT molecular complexity index is 290. The van der Waals surface area contributed by atoms with Crippen LogP contribution in [0, 0.1) is 0 Å². The molecule has 2 unspecified atom stereocenters. The molecule has 0 radical (unpaired) electrons. The molecule has 1 aromatic rings. The zero-order chi connectivity index (χ0) is 13.4. The summed E-state index contributed by atoms with van der Waals surface area (Å²) in [6, 6.07) is 8.58. The second-order valence-corrected chi connectivity index (χ2v) is 6.61. The first-order valence-electron chi connectivity index (χ1n) is 6.17. The van der Waals surface area contributed by atoms with E-state index in [9.17, 15) is 10.2 Å². The van der Waals surface area contributed by atoms with Gasteiger partial charge in [-0.25, -0.2) is 0 Å². The van der Waals surface area contributed by atoms with Crippen LogP contribution < -0.4 is 0 Å². The van der Waals surface area contributed by atoms with E-state index in [1.807, 2.05) is 13.8 Å². The molecule has 0 saturated carbocycles. The van der Waals surface area contributed by atoms with Gasteiger partial charge in [0.1, 0.15) is 0 Å². The highest BCUT2D eigenvalue weighted by atomic mass is 32.2. The lowest BCUT2D eigenvalue weighted by atomic mass is 10.2. The van der Waals surface area contributed by atoms with Crippen molar-refractivity contribution in [3.05, 3.63) is 35.4 Å². The van der Waals surface area contributed by atoms with Gasteiger partial charge in [0.15, 0.2) is 0 Å².